The first kappa shape index (κ1) is 12.4. The SMILES string of the molecule is CC(CCP(=O)(O)O)c1cc2ccccc2[nH]1. The van der Waals surface area contributed by atoms with Crippen LogP contribution in [0.4, 0.5) is 0 Å². The van der Waals surface area contributed by atoms with Crippen LogP contribution in [0.2, 0.25) is 0 Å². The molecule has 2 aromatic rings. The average Bonchev–Trinajstić information content (AvgIpc) is 2.68. The van der Waals surface area contributed by atoms with Crippen molar-refractivity contribution in [3.63, 3.8) is 0 Å². The lowest BCUT2D eigenvalue weighted by Gasteiger charge is -2.10. The molecule has 1 aromatic carbocycles. The number of H-pyrrole nitrogens is 1. The molecule has 0 aliphatic rings. The lowest BCUT2D eigenvalue weighted by atomic mass is 10.1. The van der Waals surface area contributed by atoms with Crippen molar-refractivity contribution in [1.82, 2.24) is 4.98 Å². The van der Waals surface area contributed by atoms with Crippen LogP contribution >= 0.6 is 7.60 Å². The van der Waals surface area contributed by atoms with Gasteiger partial charge in [-0.2, -0.15) is 0 Å². The molecule has 4 nitrogen and oxygen atoms in total. The summed E-state index contributed by atoms with van der Waals surface area (Å²) in [6, 6.07) is 9.99. The maximum Gasteiger partial charge on any atom is 0.325 e. The van der Waals surface area contributed by atoms with Gasteiger partial charge >= 0.3 is 7.60 Å². The normalized spacial score (nSPS) is 14.1. The molecule has 1 heterocycles. The number of fused-ring (bicyclic) bond motifs is 1. The highest BCUT2D eigenvalue weighted by Crippen LogP contribution is 2.37. The Morgan fingerprint density at radius 3 is 2.71 bits per heavy atom. The minimum absolute atomic E-state index is 0.0659. The van der Waals surface area contributed by atoms with E-state index in [2.05, 4.69) is 4.98 Å². The summed E-state index contributed by atoms with van der Waals surface area (Å²) in [6.45, 7) is 1.97. The van der Waals surface area contributed by atoms with E-state index in [0.717, 1.165) is 16.6 Å². The zero-order valence-electron chi connectivity index (χ0n) is 9.63. The van der Waals surface area contributed by atoms with Crippen LogP contribution in [0.15, 0.2) is 30.3 Å². The standard InChI is InChI=1S/C12H16NO3P/c1-9(6-7-17(14,15)16)12-8-10-4-2-3-5-11(10)13-12/h2-5,8-9,13H,6-7H2,1H3,(H2,14,15,16). The Morgan fingerprint density at radius 2 is 2.06 bits per heavy atom. The fourth-order valence-corrected chi connectivity index (χ4v) is 2.60. The first-order chi connectivity index (χ1) is 7.96. The molecule has 92 valence electrons. The minimum Gasteiger partial charge on any atom is -0.358 e. The second kappa shape index (κ2) is 4.65. The Bertz CT molecular complexity index is 525. The Morgan fingerprint density at radius 1 is 1.35 bits per heavy atom. The third-order valence-electron chi connectivity index (χ3n) is 2.94. The van der Waals surface area contributed by atoms with Gasteiger partial charge in [-0.25, -0.2) is 0 Å². The largest absolute Gasteiger partial charge is 0.358 e. The number of aromatic amines is 1. The molecule has 5 heteroatoms. The minimum atomic E-state index is -3.89. The first-order valence-electron chi connectivity index (χ1n) is 5.58. The first-order valence-corrected chi connectivity index (χ1v) is 7.38. The van der Waals surface area contributed by atoms with Crippen LogP contribution < -0.4 is 0 Å². The van der Waals surface area contributed by atoms with Gasteiger partial charge in [-0.05, 0) is 29.9 Å². The number of hydrogen-bond donors (Lipinski definition) is 3. The van der Waals surface area contributed by atoms with E-state index in [1.54, 1.807) is 0 Å². The van der Waals surface area contributed by atoms with Crippen LogP contribution in [0.3, 0.4) is 0 Å². The summed E-state index contributed by atoms with van der Waals surface area (Å²) < 4.78 is 10.8. The highest BCUT2D eigenvalue weighted by Gasteiger charge is 2.16. The Hall–Kier alpha value is -1.09. The Balaban J connectivity index is 2.13. The molecule has 0 spiro atoms. The van der Waals surface area contributed by atoms with Crippen molar-refractivity contribution in [3.05, 3.63) is 36.0 Å². The number of hydrogen-bond acceptors (Lipinski definition) is 1. The fourth-order valence-electron chi connectivity index (χ4n) is 1.88. The van der Waals surface area contributed by atoms with E-state index in [-0.39, 0.29) is 12.1 Å². The van der Waals surface area contributed by atoms with Crippen molar-refractivity contribution in [2.75, 3.05) is 6.16 Å². The van der Waals surface area contributed by atoms with E-state index in [1.807, 2.05) is 37.3 Å². The molecule has 2 rings (SSSR count). The number of benzene rings is 1. The van der Waals surface area contributed by atoms with E-state index < -0.39 is 7.60 Å². The van der Waals surface area contributed by atoms with E-state index in [0.29, 0.717) is 6.42 Å². The fraction of sp³-hybridized carbons (Fsp3) is 0.333. The summed E-state index contributed by atoms with van der Waals surface area (Å²) in [4.78, 5) is 21.0. The zero-order chi connectivity index (χ0) is 12.5. The number of rotatable bonds is 4. The van der Waals surface area contributed by atoms with Gasteiger partial charge in [0.05, 0.1) is 6.16 Å². The molecular formula is C12H16NO3P. The highest BCUT2D eigenvalue weighted by atomic mass is 31.2. The third kappa shape index (κ3) is 3.19. The van der Waals surface area contributed by atoms with E-state index in [9.17, 15) is 4.57 Å². The topological polar surface area (TPSA) is 73.3 Å². The van der Waals surface area contributed by atoms with Gasteiger partial charge in [0.15, 0.2) is 0 Å². The summed E-state index contributed by atoms with van der Waals surface area (Å²) in [7, 11) is -3.89. The molecule has 0 aliphatic carbocycles. The quantitative estimate of drug-likeness (QED) is 0.733. The predicted molar refractivity (Wildman–Crippen MR) is 68.2 cm³/mol. The molecule has 1 aromatic heterocycles. The molecule has 3 N–H and O–H groups in total. The molecule has 0 aliphatic heterocycles. The number of nitrogens with one attached hydrogen (secondary N) is 1. The van der Waals surface area contributed by atoms with E-state index in [4.69, 9.17) is 9.79 Å². The van der Waals surface area contributed by atoms with Crippen molar-refractivity contribution in [1.29, 1.82) is 0 Å². The predicted octanol–water partition coefficient (Wildman–Crippen LogP) is 2.84. The van der Waals surface area contributed by atoms with Gasteiger partial charge in [0.25, 0.3) is 0 Å². The highest BCUT2D eigenvalue weighted by molar-refractivity contribution is 7.51. The van der Waals surface area contributed by atoms with Gasteiger partial charge in [0, 0.05) is 11.2 Å². The van der Waals surface area contributed by atoms with Crippen LogP contribution in [0, 0.1) is 0 Å². The van der Waals surface area contributed by atoms with Crippen LogP contribution in [-0.4, -0.2) is 20.9 Å². The van der Waals surface area contributed by atoms with Crippen LogP contribution in [-0.2, 0) is 4.57 Å². The number of aromatic nitrogens is 1. The molecule has 17 heavy (non-hydrogen) atoms. The number of para-hydroxylation sites is 1. The van der Waals surface area contributed by atoms with Crippen molar-refractivity contribution >= 4 is 18.5 Å². The second-order valence-electron chi connectivity index (χ2n) is 4.39. The maximum atomic E-state index is 10.8. The molecular weight excluding hydrogens is 237 g/mol. The van der Waals surface area contributed by atoms with Crippen molar-refractivity contribution in [3.8, 4) is 0 Å². The molecule has 0 saturated heterocycles. The smallest absolute Gasteiger partial charge is 0.325 e. The molecule has 0 fully saturated rings. The molecule has 0 amide bonds. The van der Waals surface area contributed by atoms with Gasteiger partial charge in [-0.3, -0.25) is 4.57 Å². The maximum absolute atomic E-state index is 10.8. The summed E-state index contributed by atoms with van der Waals surface area (Å²) in [5.41, 5.74) is 2.09. The van der Waals surface area contributed by atoms with Gasteiger partial charge in [-0.1, -0.05) is 25.1 Å². The van der Waals surface area contributed by atoms with Gasteiger partial charge in [-0.15, -0.1) is 0 Å². The summed E-state index contributed by atoms with van der Waals surface area (Å²) >= 11 is 0. The average molecular weight is 253 g/mol. The Labute approximate surface area is 99.8 Å². The lowest BCUT2D eigenvalue weighted by Crippen LogP contribution is -1.98. The van der Waals surface area contributed by atoms with E-state index in [1.165, 1.54) is 0 Å². The third-order valence-corrected chi connectivity index (χ3v) is 3.78. The Kier molecular flexibility index (Phi) is 3.38. The van der Waals surface area contributed by atoms with Gasteiger partial charge < -0.3 is 14.8 Å². The summed E-state index contributed by atoms with van der Waals surface area (Å²) in [6.07, 6.45) is 0.417. The molecule has 0 bridgehead atoms. The summed E-state index contributed by atoms with van der Waals surface area (Å²) in [5, 5.41) is 1.13. The van der Waals surface area contributed by atoms with Crippen molar-refractivity contribution < 1.29 is 14.4 Å². The van der Waals surface area contributed by atoms with Crippen LogP contribution in [0.25, 0.3) is 10.9 Å². The molecule has 1 unspecified atom stereocenters. The summed E-state index contributed by atoms with van der Waals surface area (Å²) in [5.74, 6) is 0.120. The monoisotopic (exact) mass is 253 g/mol. The van der Waals surface area contributed by atoms with E-state index >= 15 is 0 Å². The van der Waals surface area contributed by atoms with Gasteiger partial charge in [0.1, 0.15) is 0 Å². The lowest BCUT2D eigenvalue weighted by molar-refractivity contribution is 0.370. The molecule has 0 radical (unpaired) electrons. The molecule has 1 atom stereocenters. The second-order valence-corrected chi connectivity index (χ2v) is 6.17. The van der Waals surface area contributed by atoms with Crippen LogP contribution in [0.1, 0.15) is 25.0 Å². The zero-order valence-corrected chi connectivity index (χ0v) is 10.5. The van der Waals surface area contributed by atoms with Crippen LogP contribution in [0.5, 0.6) is 0 Å². The molecule has 0 saturated carbocycles. The van der Waals surface area contributed by atoms with Crippen molar-refractivity contribution in [2.24, 2.45) is 0 Å². The van der Waals surface area contributed by atoms with Gasteiger partial charge in [0.2, 0.25) is 0 Å². The van der Waals surface area contributed by atoms with Crippen molar-refractivity contribution in [2.45, 2.75) is 19.3 Å².